The standard InChI is InChI=1S/C11H26N4O3/c1-18-10-14-7-6-12-4-2-3-5-13-8-9-15-11(16)17/h12-15H,2-10H2,1H3,(H,16,17). The Balaban J connectivity index is 2.92. The Morgan fingerprint density at radius 3 is 2.06 bits per heavy atom. The van der Waals surface area contributed by atoms with Crippen molar-refractivity contribution in [1.82, 2.24) is 21.3 Å². The summed E-state index contributed by atoms with van der Waals surface area (Å²) in [4.78, 5) is 10.1. The Hall–Kier alpha value is -0.890. The fraction of sp³-hybridized carbons (Fsp3) is 0.909. The number of methoxy groups -OCH3 is 1. The van der Waals surface area contributed by atoms with Crippen LogP contribution in [0.25, 0.3) is 0 Å². The lowest BCUT2D eigenvalue weighted by Crippen LogP contribution is -2.31. The molecule has 0 fully saturated rings. The molecule has 0 aromatic rings. The summed E-state index contributed by atoms with van der Waals surface area (Å²) in [5, 5.41) is 20.3. The van der Waals surface area contributed by atoms with Crippen molar-refractivity contribution in [3.63, 3.8) is 0 Å². The molecule has 5 N–H and O–H groups in total. The van der Waals surface area contributed by atoms with E-state index in [-0.39, 0.29) is 0 Å². The first-order chi connectivity index (χ1) is 8.77. The molecule has 0 aromatic heterocycles. The van der Waals surface area contributed by atoms with Gasteiger partial charge >= 0.3 is 6.09 Å². The molecule has 0 aliphatic heterocycles. The molecular weight excluding hydrogens is 236 g/mol. The topological polar surface area (TPSA) is 94.7 Å². The van der Waals surface area contributed by atoms with Gasteiger partial charge in [0.05, 0.1) is 6.73 Å². The fourth-order valence-electron chi connectivity index (χ4n) is 1.36. The molecule has 0 spiro atoms. The Kier molecular flexibility index (Phi) is 13.5. The van der Waals surface area contributed by atoms with Crippen molar-refractivity contribution in [2.45, 2.75) is 12.8 Å². The van der Waals surface area contributed by atoms with Gasteiger partial charge in [0.2, 0.25) is 0 Å². The average Bonchev–Trinajstić information content (AvgIpc) is 2.34. The van der Waals surface area contributed by atoms with E-state index < -0.39 is 6.09 Å². The van der Waals surface area contributed by atoms with Crippen LogP contribution in [0.4, 0.5) is 4.79 Å². The predicted molar refractivity (Wildman–Crippen MR) is 70.9 cm³/mol. The maximum atomic E-state index is 10.1. The second-order valence-electron chi connectivity index (χ2n) is 3.87. The zero-order valence-corrected chi connectivity index (χ0v) is 11.1. The van der Waals surface area contributed by atoms with E-state index in [0.29, 0.717) is 19.8 Å². The average molecular weight is 262 g/mol. The summed E-state index contributed by atoms with van der Waals surface area (Å²) in [5.41, 5.74) is 0. The number of carbonyl (C=O) groups is 1. The number of carboxylic acid groups (broad SMARTS) is 1. The van der Waals surface area contributed by atoms with Gasteiger partial charge in [0.25, 0.3) is 0 Å². The van der Waals surface area contributed by atoms with Gasteiger partial charge in [-0.2, -0.15) is 0 Å². The molecule has 0 saturated carbocycles. The molecule has 7 nitrogen and oxygen atoms in total. The smallest absolute Gasteiger partial charge is 0.404 e. The van der Waals surface area contributed by atoms with Crippen LogP contribution in [0, 0.1) is 0 Å². The van der Waals surface area contributed by atoms with Gasteiger partial charge in [-0.15, -0.1) is 0 Å². The number of unbranched alkanes of at least 4 members (excludes halogenated alkanes) is 1. The van der Waals surface area contributed by atoms with Gasteiger partial charge in [0, 0.05) is 33.3 Å². The molecular formula is C11H26N4O3. The molecule has 0 unspecified atom stereocenters. The van der Waals surface area contributed by atoms with Crippen LogP contribution in [-0.2, 0) is 4.74 Å². The van der Waals surface area contributed by atoms with Gasteiger partial charge in [-0.25, -0.2) is 4.79 Å². The maximum absolute atomic E-state index is 10.1. The summed E-state index contributed by atoms with van der Waals surface area (Å²) < 4.78 is 4.86. The van der Waals surface area contributed by atoms with Crippen molar-refractivity contribution in [3.05, 3.63) is 0 Å². The molecule has 0 aliphatic rings. The number of amides is 1. The van der Waals surface area contributed by atoms with E-state index >= 15 is 0 Å². The zero-order valence-electron chi connectivity index (χ0n) is 11.1. The van der Waals surface area contributed by atoms with Crippen LogP contribution < -0.4 is 21.3 Å². The number of nitrogens with one attached hydrogen (secondary N) is 4. The minimum Gasteiger partial charge on any atom is -0.465 e. The quantitative estimate of drug-likeness (QED) is 0.225. The molecule has 7 heteroatoms. The molecule has 18 heavy (non-hydrogen) atoms. The van der Waals surface area contributed by atoms with Gasteiger partial charge in [-0.3, -0.25) is 5.32 Å². The zero-order chi connectivity index (χ0) is 13.5. The molecule has 0 heterocycles. The molecule has 0 atom stereocenters. The molecule has 0 radical (unpaired) electrons. The first kappa shape index (κ1) is 17.1. The van der Waals surface area contributed by atoms with E-state index in [1.165, 1.54) is 0 Å². The highest BCUT2D eigenvalue weighted by Gasteiger charge is 1.93. The first-order valence-electron chi connectivity index (χ1n) is 6.35. The van der Waals surface area contributed by atoms with Crippen molar-refractivity contribution in [2.24, 2.45) is 0 Å². The lowest BCUT2D eigenvalue weighted by atomic mass is 10.3. The maximum Gasteiger partial charge on any atom is 0.404 e. The third kappa shape index (κ3) is 15.1. The minimum absolute atomic E-state index is 0.457. The Morgan fingerprint density at radius 2 is 1.50 bits per heavy atom. The highest BCUT2D eigenvalue weighted by Crippen LogP contribution is 1.83. The summed E-state index contributed by atoms with van der Waals surface area (Å²) in [6.07, 6.45) is 1.23. The van der Waals surface area contributed by atoms with E-state index in [9.17, 15) is 4.79 Å². The van der Waals surface area contributed by atoms with E-state index in [4.69, 9.17) is 9.84 Å². The third-order valence-corrected chi connectivity index (χ3v) is 2.26. The van der Waals surface area contributed by atoms with Crippen LogP contribution in [0.1, 0.15) is 12.8 Å². The van der Waals surface area contributed by atoms with Crippen molar-refractivity contribution in [1.29, 1.82) is 0 Å². The van der Waals surface area contributed by atoms with Crippen LogP contribution in [0.3, 0.4) is 0 Å². The van der Waals surface area contributed by atoms with Crippen LogP contribution in [0.5, 0.6) is 0 Å². The highest BCUT2D eigenvalue weighted by atomic mass is 16.5. The predicted octanol–water partition coefficient (Wildman–Crippen LogP) is -0.593. The molecule has 0 aliphatic carbocycles. The summed E-state index contributed by atoms with van der Waals surface area (Å²) in [5.74, 6) is 0. The number of ether oxygens (including phenoxy) is 1. The lowest BCUT2D eigenvalue weighted by molar-refractivity contribution is 0.176. The summed E-state index contributed by atoms with van der Waals surface area (Å²) in [6.45, 7) is 5.51. The van der Waals surface area contributed by atoms with Crippen molar-refractivity contribution in [3.8, 4) is 0 Å². The van der Waals surface area contributed by atoms with Gasteiger partial charge < -0.3 is 25.8 Å². The highest BCUT2D eigenvalue weighted by molar-refractivity contribution is 5.64. The van der Waals surface area contributed by atoms with Crippen molar-refractivity contribution >= 4 is 6.09 Å². The first-order valence-corrected chi connectivity index (χ1v) is 6.35. The third-order valence-electron chi connectivity index (χ3n) is 2.26. The van der Waals surface area contributed by atoms with Crippen molar-refractivity contribution < 1.29 is 14.6 Å². The number of hydrogen-bond donors (Lipinski definition) is 5. The van der Waals surface area contributed by atoms with Crippen molar-refractivity contribution in [2.75, 3.05) is 53.1 Å². The summed E-state index contributed by atoms with van der Waals surface area (Å²) in [7, 11) is 1.67. The lowest BCUT2D eigenvalue weighted by Gasteiger charge is -2.07. The molecule has 108 valence electrons. The van der Waals surface area contributed by atoms with Gasteiger partial charge in [0.1, 0.15) is 0 Å². The monoisotopic (exact) mass is 262 g/mol. The van der Waals surface area contributed by atoms with Gasteiger partial charge in [-0.05, 0) is 25.9 Å². The second-order valence-corrected chi connectivity index (χ2v) is 3.87. The Labute approximate surface area is 109 Å². The minimum atomic E-state index is -0.969. The molecule has 0 bridgehead atoms. The second kappa shape index (κ2) is 14.2. The van der Waals surface area contributed by atoms with E-state index in [1.807, 2.05) is 0 Å². The summed E-state index contributed by atoms with van der Waals surface area (Å²) in [6, 6.07) is 0. The Morgan fingerprint density at radius 1 is 0.944 bits per heavy atom. The van der Waals surface area contributed by atoms with Crippen LogP contribution >= 0.6 is 0 Å². The molecule has 0 aromatic carbocycles. The largest absolute Gasteiger partial charge is 0.465 e. The molecule has 1 amide bonds. The number of rotatable bonds is 13. The van der Waals surface area contributed by atoms with E-state index in [2.05, 4.69) is 21.3 Å². The number of hydrogen-bond acceptors (Lipinski definition) is 5. The van der Waals surface area contributed by atoms with Crippen LogP contribution in [0.15, 0.2) is 0 Å². The fourth-order valence-corrected chi connectivity index (χ4v) is 1.36. The molecule has 0 saturated heterocycles. The van der Waals surface area contributed by atoms with Crippen LogP contribution in [0.2, 0.25) is 0 Å². The molecule has 0 rings (SSSR count). The summed E-state index contributed by atoms with van der Waals surface area (Å²) >= 11 is 0. The van der Waals surface area contributed by atoms with Gasteiger partial charge in [0.15, 0.2) is 0 Å². The normalized spacial score (nSPS) is 10.5. The van der Waals surface area contributed by atoms with Gasteiger partial charge in [-0.1, -0.05) is 0 Å². The van der Waals surface area contributed by atoms with Crippen LogP contribution in [-0.4, -0.2) is 64.3 Å². The Bertz CT molecular complexity index is 193. The van der Waals surface area contributed by atoms with E-state index in [1.54, 1.807) is 7.11 Å². The van der Waals surface area contributed by atoms with E-state index in [0.717, 1.165) is 39.0 Å². The SMILES string of the molecule is COCNCCNCCCCNCCNC(=O)O.